The zero-order valence-corrected chi connectivity index (χ0v) is 11.0. The first-order valence-corrected chi connectivity index (χ1v) is 6.91. The minimum atomic E-state index is 0.641. The molecule has 1 aromatic carbocycles. The third kappa shape index (κ3) is 3.28. The maximum Gasteiger partial charge on any atom is 0.0890 e. The second kappa shape index (κ2) is 6.08. The van der Waals surface area contributed by atoms with Gasteiger partial charge in [0, 0.05) is 19.7 Å². The van der Waals surface area contributed by atoms with Crippen LogP contribution in [0.1, 0.15) is 18.5 Å². The van der Waals surface area contributed by atoms with Gasteiger partial charge in [0.15, 0.2) is 0 Å². The molecule has 3 rings (SSSR count). The van der Waals surface area contributed by atoms with Crippen LogP contribution in [-0.4, -0.2) is 29.7 Å². The van der Waals surface area contributed by atoms with Crippen LogP contribution in [0.3, 0.4) is 0 Å². The first-order valence-electron chi connectivity index (χ1n) is 6.91. The number of nitrogens with zero attached hydrogens (tertiary/aromatic N) is 2. The Bertz CT molecular complexity index is 538. The molecule has 1 atom stereocenters. The maximum absolute atomic E-state index is 5.47. The fourth-order valence-electron chi connectivity index (χ4n) is 2.45. The monoisotopic (exact) mass is 257 g/mol. The Morgan fingerprint density at radius 3 is 3.00 bits per heavy atom. The van der Waals surface area contributed by atoms with E-state index >= 15 is 0 Å². The number of nitrogens with one attached hydrogen (secondary N) is 1. The molecule has 0 spiro atoms. The summed E-state index contributed by atoms with van der Waals surface area (Å²) in [6, 6.07) is 7.96. The van der Waals surface area contributed by atoms with E-state index in [0.717, 1.165) is 43.0 Å². The molecule has 0 radical (unpaired) electrons. The Kier molecular flexibility index (Phi) is 4.01. The first-order chi connectivity index (χ1) is 9.42. The highest BCUT2D eigenvalue weighted by Crippen LogP contribution is 2.12. The molecule has 2 aromatic rings. The molecule has 2 heterocycles. The summed E-state index contributed by atoms with van der Waals surface area (Å²) in [4.78, 5) is 9.02. The van der Waals surface area contributed by atoms with Crippen LogP contribution in [0.4, 0.5) is 0 Å². The summed E-state index contributed by atoms with van der Waals surface area (Å²) >= 11 is 0. The summed E-state index contributed by atoms with van der Waals surface area (Å²) < 4.78 is 5.47. The third-order valence-electron chi connectivity index (χ3n) is 3.49. The molecule has 1 saturated heterocycles. The first kappa shape index (κ1) is 12.5. The van der Waals surface area contributed by atoms with Crippen molar-refractivity contribution in [1.82, 2.24) is 15.3 Å². The summed E-state index contributed by atoms with van der Waals surface area (Å²) in [7, 11) is 0. The summed E-state index contributed by atoms with van der Waals surface area (Å²) in [6.07, 6.45) is 4.30. The van der Waals surface area contributed by atoms with Gasteiger partial charge in [0.25, 0.3) is 0 Å². The normalized spacial score (nSPS) is 19.7. The molecule has 0 bridgehead atoms. The fraction of sp³-hybridized carbons (Fsp3) is 0.467. The van der Waals surface area contributed by atoms with Gasteiger partial charge in [-0.3, -0.25) is 4.98 Å². The van der Waals surface area contributed by atoms with Gasteiger partial charge in [0.2, 0.25) is 0 Å². The largest absolute Gasteiger partial charge is 0.381 e. The number of ether oxygens (including phenoxy) is 1. The SMILES string of the molecule is c1ccc2nc(CNCC3CCCOC3)cnc2c1. The maximum atomic E-state index is 5.47. The van der Waals surface area contributed by atoms with Crippen LogP contribution in [0.5, 0.6) is 0 Å². The van der Waals surface area contributed by atoms with E-state index < -0.39 is 0 Å². The van der Waals surface area contributed by atoms with Crippen LogP contribution in [0.25, 0.3) is 11.0 Å². The molecule has 1 aliphatic rings. The zero-order chi connectivity index (χ0) is 12.9. The minimum Gasteiger partial charge on any atom is -0.381 e. The number of benzene rings is 1. The van der Waals surface area contributed by atoms with Gasteiger partial charge >= 0.3 is 0 Å². The Labute approximate surface area is 113 Å². The molecule has 19 heavy (non-hydrogen) atoms. The van der Waals surface area contributed by atoms with Crippen LogP contribution in [0.2, 0.25) is 0 Å². The van der Waals surface area contributed by atoms with E-state index in [0.29, 0.717) is 5.92 Å². The van der Waals surface area contributed by atoms with E-state index in [4.69, 9.17) is 4.74 Å². The summed E-state index contributed by atoms with van der Waals surface area (Å²) in [6.45, 7) is 3.58. The highest BCUT2D eigenvalue weighted by molar-refractivity contribution is 5.73. The van der Waals surface area contributed by atoms with Crippen LogP contribution < -0.4 is 5.32 Å². The Hall–Kier alpha value is -1.52. The summed E-state index contributed by atoms with van der Waals surface area (Å²) in [5, 5.41) is 3.45. The molecule has 100 valence electrons. The van der Waals surface area contributed by atoms with E-state index in [9.17, 15) is 0 Å². The number of para-hydroxylation sites is 2. The van der Waals surface area contributed by atoms with Gasteiger partial charge in [-0.1, -0.05) is 12.1 Å². The average molecular weight is 257 g/mol. The van der Waals surface area contributed by atoms with E-state index in [1.54, 1.807) is 0 Å². The minimum absolute atomic E-state index is 0.641. The molecule has 1 N–H and O–H groups in total. The highest BCUT2D eigenvalue weighted by Gasteiger charge is 2.13. The summed E-state index contributed by atoms with van der Waals surface area (Å²) in [5.74, 6) is 0.641. The van der Waals surface area contributed by atoms with Crippen LogP contribution in [0.15, 0.2) is 30.5 Å². The lowest BCUT2D eigenvalue weighted by Gasteiger charge is -2.22. The number of rotatable bonds is 4. The van der Waals surface area contributed by atoms with Crippen molar-refractivity contribution >= 4 is 11.0 Å². The van der Waals surface area contributed by atoms with Crippen molar-refractivity contribution in [3.8, 4) is 0 Å². The van der Waals surface area contributed by atoms with E-state index in [1.165, 1.54) is 12.8 Å². The van der Waals surface area contributed by atoms with Gasteiger partial charge in [-0.05, 0) is 30.9 Å². The molecule has 1 fully saturated rings. The molecule has 4 nitrogen and oxygen atoms in total. The van der Waals surface area contributed by atoms with Gasteiger partial charge in [0.1, 0.15) is 0 Å². The number of hydrogen-bond donors (Lipinski definition) is 1. The number of hydrogen-bond acceptors (Lipinski definition) is 4. The van der Waals surface area contributed by atoms with Crippen molar-refractivity contribution in [1.29, 1.82) is 0 Å². The molecular formula is C15H19N3O. The second-order valence-electron chi connectivity index (χ2n) is 5.06. The van der Waals surface area contributed by atoms with Gasteiger partial charge in [0.05, 0.1) is 29.5 Å². The predicted octanol–water partition coefficient (Wildman–Crippen LogP) is 2.15. The van der Waals surface area contributed by atoms with Crippen LogP contribution >= 0.6 is 0 Å². The van der Waals surface area contributed by atoms with Gasteiger partial charge in [-0.15, -0.1) is 0 Å². The van der Waals surface area contributed by atoms with E-state index in [-0.39, 0.29) is 0 Å². The van der Waals surface area contributed by atoms with Gasteiger partial charge < -0.3 is 10.1 Å². The number of fused-ring (bicyclic) bond motifs is 1. The van der Waals surface area contributed by atoms with Crippen molar-refractivity contribution in [2.24, 2.45) is 5.92 Å². The van der Waals surface area contributed by atoms with Gasteiger partial charge in [-0.2, -0.15) is 0 Å². The Morgan fingerprint density at radius 2 is 2.16 bits per heavy atom. The molecule has 0 amide bonds. The molecule has 1 unspecified atom stereocenters. The fourth-order valence-corrected chi connectivity index (χ4v) is 2.45. The quantitative estimate of drug-likeness (QED) is 0.911. The zero-order valence-electron chi connectivity index (χ0n) is 11.0. The van der Waals surface area contributed by atoms with Crippen LogP contribution in [-0.2, 0) is 11.3 Å². The third-order valence-corrected chi connectivity index (χ3v) is 3.49. The topological polar surface area (TPSA) is 47.0 Å². The van der Waals surface area contributed by atoms with Crippen molar-refractivity contribution in [2.75, 3.05) is 19.8 Å². The highest BCUT2D eigenvalue weighted by atomic mass is 16.5. The van der Waals surface area contributed by atoms with Crippen molar-refractivity contribution in [2.45, 2.75) is 19.4 Å². The molecule has 1 aromatic heterocycles. The van der Waals surface area contributed by atoms with Crippen LogP contribution in [0, 0.1) is 5.92 Å². The van der Waals surface area contributed by atoms with E-state index in [2.05, 4.69) is 15.3 Å². The molecule has 0 saturated carbocycles. The molecular weight excluding hydrogens is 238 g/mol. The van der Waals surface area contributed by atoms with E-state index in [1.807, 2.05) is 30.5 Å². The Balaban J connectivity index is 1.56. The lowest BCUT2D eigenvalue weighted by molar-refractivity contribution is 0.0547. The van der Waals surface area contributed by atoms with Crippen molar-refractivity contribution < 1.29 is 4.74 Å². The van der Waals surface area contributed by atoms with Crippen molar-refractivity contribution in [3.63, 3.8) is 0 Å². The molecule has 1 aliphatic heterocycles. The summed E-state index contributed by atoms with van der Waals surface area (Å²) in [5.41, 5.74) is 2.91. The number of aromatic nitrogens is 2. The molecule has 4 heteroatoms. The lowest BCUT2D eigenvalue weighted by Crippen LogP contribution is -2.29. The standard InChI is InChI=1S/C15H19N3O/c1-2-6-15-14(5-1)17-10-13(18-15)9-16-8-12-4-3-7-19-11-12/h1-2,5-6,10,12,16H,3-4,7-9,11H2. The Morgan fingerprint density at radius 1 is 1.26 bits per heavy atom. The lowest BCUT2D eigenvalue weighted by atomic mass is 10.0. The molecule has 0 aliphatic carbocycles. The predicted molar refractivity (Wildman–Crippen MR) is 74.8 cm³/mol. The average Bonchev–Trinajstić information content (AvgIpc) is 2.48. The second-order valence-corrected chi connectivity index (χ2v) is 5.06. The van der Waals surface area contributed by atoms with Gasteiger partial charge in [-0.25, -0.2) is 4.98 Å². The van der Waals surface area contributed by atoms with Crippen molar-refractivity contribution in [3.05, 3.63) is 36.2 Å². The smallest absolute Gasteiger partial charge is 0.0890 e.